The van der Waals surface area contributed by atoms with Gasteiger partial charge in [0.1, 0.15) is 6.04 Å². The second kappa shape index (κ2) is 4.91. The molecule has 2 atom stereocenters. The Bertz CT molecular complexity index is 383. The molecule has 0 aromatic rings. The van der Waals surface area contributed by atoms with Gasteiger partial charge in [-0.2, -0.15) is 22.0 Å². The Morgan fingerprint density at radius 2 is 1.79 bits per heavy atom. The van der Waals surface area contributed by atoms with E-state index < -0.39 is 49.1 Å². The van der Waals surface area contributed by atoms with E-state index in [1.165, 1.54) is 0 Å². The van der Waals surface area contributed by atoms with Crippen molar-refractivity contribution in [1.82, 2.24) is 4.90 Å². The van der Waals surface area contributed by atoms with Crippen molar-refractivity contribution in [2.24, 2.45) is 0 Å². The van der Waals surface area contributed by atoms with Gasteiger partial charge in [0.05, 0.1) is 13.2 Å². The smallest absolute Gasteiger partial charge is 0.463 e. The number of rotatable bonds is 2. The molecular formula is C9H10F5NO4. The van der Waals surface area contributed by atoms with Crippen LogP contribution in [0, 0.1) is 0 Å². The molecule has 19 heavy (non-hydrogen) atoms. The summed E-state index contributed by atoms with van der Waals surface area (Å²) in [7, 11) is 0.886. The van der Waals surface area contributed by atoms with Crippen molar-refractivity contribution < 1.29 is 41.4 Å². The predicted molar refractivity (Wildman–Crippen MR) is 49.1 cm³/mol. The minimum absolute atomic E-state index is 0.00993. The van der Waals surface area contributed by atoms with Crippen LogP contribution in [-0.4, -0.2) is 59.8 Å². The number of carbonyl (C=O) groups excluding carboxylic acids is 2. The summed E-state index contributed by atoms with van der Waals surface area (Å²) >= 11 is 0. The molecule has 1 aliphatic rings. The molecule has 5 nitrogen and oxygen atoms in total. The molecule has 0 bridgehead atoms. The largest absolute Gasteiger partial charge is 0.467 e. The number of likely N-dealkylation sites (tertiary alicyclic amines) is 1. The first-order valence-corrected chi connectivity index (χ1v) is 5.04. The lowest BCUT2D eigenvalue weighted by molar-refractivity contribution is -0.274. The van der Waals surface area contributed by atoms with Gasteiger partial charge < -0.3 is 14.7 Å². The Morgan fingerprint density at radius 1 is 1.26 bits per heavy atom. The molecule has 0 aromatic carbocycles. The SMILES string of the molecule is COC(=O)C1CC(O)CN1C(=O)C(F)(F)C(F)(F)F. The maximum atomic E-state index is 12.9. The number of alkyl halides is 5. The van der Waals surface area contributed by atoms with E-state index in [2.05, 4.69) is 4.74 Å². The quantitative estimate of drug-likeness (QED) is 0.588. The summed E-state index contributed by atoms with van der Waals surface area (Å²) in [6, 6.07) is -1.65. The van der Waals surface area contributed by atoms with Crippen molar-refractivity contribution in [1.29, 1.82) is 0 Å². The first-order valence-electron chi connectivity index (χ1n) is 5.04. The first kappa shape index (κ1) is 15.6. The van der Waals surface area contributed by atoms with Crippen LogP contribution in [0.25, 0.3) is 0 Å². The zero-order valence-corrected chi connectivity index (χ0v) is 9.58. The van der Waals surface area contributed by atoms with E-state index >= 15 is 0 Å². The van der Waals surface area contributed by atoms with Gasteiger partial charge in [-0.25, -0.2) is 4.79 Å². The molecule has 1 fully saturated rings. The summed E-state index contributed by atoms with van der Waals surface area (Å²) in [6.07, 6.45) is -7.89. The third-order valence-electron chi connectivity index (χ3n) is 2.64. The predicted octanol–water partition coefficient (Wildman–Crippen LogP) is 0.319. The van der Waals surface area contributed by atoms with Crippen molar-refractivity contribution in [2.45, 2.75) is 30.7 Å². The van der Waals surface area contributed by atoms with Crippen molar-refractivity contribution >= 4 is 11.9 Å². The monoisotopic (exact) mass is 291 g/mol. The van der Waals surface area contributed by atoms with Gasteiger partial charge in [-0.1, -0.05) is 0 Å². The number of hydrogen-bond acceptors (Lipinski definition) is 4. The van der Waals surface area contributed by atoms with Gasteiger partial charge in [0.15, 0.2) is 0 Å². The van der Waals surface area contributed by atoms with Crippen LogP contribution in [0.2, 0.25) is 0 Å². The molecule has 1 N–H and O–H groups in total. The molecule has 2 unspecified atom stereocenters. The molecule has 1 rings (SSSR count). The number of methoxy groups -OCH3 is 1. The second-order valence-corrected chi connectivity index (χ2v) is 3.96. The normalized spacial score (nSPS) is 24.5. The van der Waals surface area contributed by atoms with E-state index in [4.69, 9.17) is 0 Å². The Balaban J connectivity index is 3.01. The lowest BCUT2D eigenvalue weighted by Crippen LogP contribution is -2.55. The zero-order chi connectivity index (χ0) is 15.0. The summed E-state index contributed by atoms with van der Waals surface area (Å²) in [5.41, 5.74) is 0. The van der Waals surface area contributed by atoms with Crippen molar-refractivity contribution in [2.75, 3.05) is 13.7 Å². The van der Waals surface area contributed by atoms with Crippen LogP contribution in [0.5, 0.6) is 0 Å². The maximum Gasteiger partial charge on any atom is 0.463 e. The summed E-state index contributed by atoms with van der Waals surface area (Å²) in [4.78, 5) is 22.4. The fourth-order valence-electron chi connectivity index (χ4n) is 1.70. The molecule has 10 heteroatoms. The maximum absolute atomic E-state index is 12.9. The molecule has 0 aliphatic carbocycles. The number of aliphatic hydroxyl groups excluding tert-OH is 1. The van der Waals surface area contributed by atoms with E-state index in [0.717, 1.165) is 7.11 Å². The zero-order valence-electron chi connectivity index (χ0n) is 9.58. The minimum atomic E-state index is -6.07. The molecule has 1 amide bonds. The summed E-state index contributed by atoms with van der Waals surface area (Å²) in [5, 5.41) is 9.20. The molecule has 0 spiro atoms. The minimum Gasteiger partial charge on any atom is -0.467 e. The Morgan fingerprint density at radius 3 is 2.21 bits per heavy atom. The molecule has 0 radical (unpaired) electrons. The van der Waals surface area contributed by atoms with Crippen LogP contribution in [0.1, 0.15) is 6.42 Å². The van der Waals surface area contributed by atoms with E-state index in [9.17, 15) is 36.6 Å². The first-order chi connectivity index (χ1) is 8.52. The van der Waals surface area contributed by atoms with Gasteiger partial charge in [0, 0.05) is 13.0 Å². The standard InChI is InChI=1S/C9H10F5NO4/c1-19-6(17)5-2-4(16)3-15(5)7(18)8(10,11)9(12,13)14/h4-5,16H,2-3H2,1H3. The Labute approximate surface area is 103 Å². The average molecular weight is 291 g/mol. The summed E-state index contributed by atoms with van der Waals surface area (Å²) in [6.45, 7) is -0.787. The number of hydrogen-bond donors (Lipinski definition) is 1. The number of aliphatic hydroxyl groups is 1. The number of esters is 1. The second-order valence-electron chi connectivity index (χ2n) is 3.96. The van der Waals surface area contributed by atoms with E-state index in [0.29, 0.717) is 0 Å². The number of ether oxygens (including phenoxy) is 1. The third-order valence-corrected chi connectivity index (χ3v) is 2.64. The highest BCUT2D eigenvalue weighted by Crippen LogP contribution is 2.38. The molecule has 0 aromatic heterocycles. The van der Waals surface area contributed by atoms with Gasteiger partial charge in [-0.3, -0.25) is 4.79 Å². The van der Waals surface area contributed by atoms with Crippen molar-refractivity contribution in [3.63, 3.8) is 0 Å². The summed E-state index contributed by atoms with van der Waals surface area (Å²) < 4.78 is 66.2. The van der Waals surface area contributed by atoms with Crippen LogP contribution in [0.15, 0.2) is 0 Å². The van der Waals surface area contributed by atoms with Crippen molar-refractivity contribution in [3.05, 3.63) is 0 Å². The van der Waals surface area contributed by atoms with E-state index in [1.54, 1.807) is 0 Å². The molecule has 1 heterocycles. The number of β-amino-alcohol motifs (C(OH)–C–C–N with tert-alkyl or cyclic N) is 1. The number of nitrogens with zero attached hydrogens (tertiary/aromatic N) is 1. The van der Waals surface area contributed by atoms with Crippen LogP contribution in [-0.2, 0) is 14.3 Å². The highest BCUT2D eigenvalue weighted by Gasteiger charge is 2.66. The van der Waals surface area contributed by atoms with E-state index in [1.807, 2.05) is 0 Å². The average Bonchev–Trinajstić information content (AvgIpc) is 2.67. The lowest BCUT2D eigenvalue weighted by atomic mass is 10.2. The van der Waals surface area contributed by atoms with Gasteiger partial charge in [-0.05, 0) is 0 Å². The number of halogens is 5. The van der Waals surface area contributed by atoms with Crippen LogP contribution < -0.4 is 0 Å². The number of carbonyl (C=O) groups is 2. The van der Waals surface area contributed by atoms with Crippen LogP contribution in [0.4, 0.5) is 22.0 Å². The Kier molecular flexibility index (Phi) is 4.03. The molecule has 110 valence electrons. The topological polar surface area (TPSA) is 66.8 Å². The lowest BCUT2D eigenvalue weighted by Gasteiger charge is -2.27. The highest BCUT2D eigenvalue weighted by atomic mass is 19.4. The van der Waals surface area contributed by atoms with Gasteiger partial charge in [-0.15, -0.1) is 0 Å². The molecule has 1 aliphatic heterocycles. The van der Waals surface area contributed by atoms with Gasteiger partial charge >= 0.3 is 24.0 Å². The number of amides is 1. The summed E-state index contributed by atoms with van der Waals surface area (Å²) in [5.74, 6) is -9.36. The van der Waals surface area contributed by atoms with Gasteiger partial charge in [0.25, 0.3) is 0 Å². The third kappa shape index (κ3) is 2.77. The fraction of sp³-hybridized carbons (Fsp3) is 0.778. The van der Waals surface area contributed by atoms with E-state index in [-0.39, 0.29) is 4.90 Å². The highest BCUT2D eigenvalue weighted by molar-refractivity contribution is 5.90. The van der Waals surface area contributed by atoms with Gasteiger partial charge in [0.2, 0.25) is 0 Å². The van der Waals surface area contributed by atoms with Crippen molar-refractivity contribution in [3.8, 4) is 0 Å². The molecule has 1 saturated heterocycles. The molecular weight excluding hydrogens is 281 g/mol. The van der Waals surface area contributed by atoms with Crippen LogP contribution >= 0.6 is 0 Å². The Hall–Kier alpha value is -1.45. The molecule has 0 saturated carbocycles. The fourth-order valence-corrected chi connectivity index (χ4v) is 1.70. The van der Waals surface area contributed by atoms with Crippen LogP contribution in [0.3, 0.4) is 0 Å².